The molecule has 1 aliphatic heterocycles. The maximum absolute atomic E-state index is 6.40. The zero-order valence-electron chi connectivity index (χ0n) is 62.6. The highest BCUT2D eigenvalue weighted by Gasteiger charge is 2.52. The molecule has 21 nitrogen and oxygen atoms in total. The molecule has 4 N–H and O–H groups in total. The first-order chi connectivity index (χ1) is 51.4. The van der Waals surface area contributed by atoms with Gasteiger partial charge in [-0.25, -0.2) is 15.0 Å². The molecule has 1 saturated heterocycles. The van der Waals surface area contributed by atoms with Gasteiger partial charge in [-0.3, -0.25) is 33.9 Å². The Bertz CT molecular complexity index is 5950. The maximum Gasteiger partial charge on any atom is 0.494 e. The Morgan fingerprint density at radius 2 is 0.822 bits per heavy atom. The average molecular weight is 1450 g/mol. The van der Waals surface area contributed by atoms with Crippen LogP contribution < -0.4 is 5.46 Å². The highest BCUT2D eigenvalue weighted by molar-refractivity contribution is 7.80. The van der Waals surface area contributed by atoms with Gasteiger partial charge in [0.15, 0.2) is 17.5 Å². The molecule has 16 aromatic rings. The molecule has 11 heterocycles. The molecular formula is C81H82B3N19O2P2. The number of aromatic nitrogens is 16. The monoisotopic (exact) mass is 1450 g/mol. The molecule has 1 fully saturated rings. The summed E-state index contributed by atoms with van der Waals surface area (Å²) in [7, 11) is 22.7. The van der Waals surface area contributed by atoms with E-state index >= 15 is 0 Å². The Hall–Kier alpha value is -10.4. The van der Waals surface area contributed by atoms with Crippen molar-refractivity contribution in [1.29, 1.82) is 0 Å². The largest absolute Gasteiger partial charge is 0.494 e. The van der Waals surface area contributed by atoms with Gasteiger partial charge in [0.2, 0.25) is 0 Å². The first-order valence-electron chi connectivity index (χ1n) is 35.4. The van der Waals surface area contributed by atoms with Crippen LogP contribution in [0.1, 0.15) is 55.5 Å². The van der Waals surface area contributed by atoms with Crippen LogP contribution in [0.3, 0.4) is 0 Å². The maximum atomic E-state index is 6.40. The lowest BCUT2D eigenvalue weighted by molar-refractivity contribution is 0.00578. The molecule has 0 amide bonds. The van der Waals surface area contributed by atoms with Gasteiger partial charge >= 0.3 is 7.12 Å². The SMILES string of the molecule is Cc1c(-c2ccncc2)cncc1-c1ccc2[nH]nc(-c3nc4c(CN(C)C)cccc4[nH]3)c2c1.[B]P(C)n1nc(-c2nc3c(CN(C)C)cccc3[nH]2)c2cc(-c3cncc(-c4ccncc4)c3C)ccc21.[B]P(C)n1nc(-c2nc3c(CN(C)C)cccc3[nH]2)c2cc(B3OC(C)(C)C(C)(C)O3)ccc21. The van der Waals surface area contributed by atoms with Gasteiger partial charge in [0, 0.05) is 108 Å². The van der Waals surface area contributed by atoms with Gasteiger partial charge in [0.05, 0.1) is 60.9 Å². The lowest BCUT2D eigenvalue weighted by Gasteiger charge is -2.32. The Kier molecular flexibility index (Phi) is 19.8. The first kappa shape index (κ1) is 72.2. The number of hydrogen-bond acceptors (Lipinski definition) is 15. The Morgan fingerprint density at radius 1 is 0.439 bits per heavy atom. The van der Waals surface area contributed by atoms with E-state index in [1.807, 2.05) is 89.7 Å². The molecular weight excluding hydrogens is 1370 g/mol. The van der Waals surface area contributed by atoms with E-state index in [4.69, 9.17) is 49.6 Å². The van der Waals surface area contributed by atoms with Crippen molar-refractivity contribution >= 4 is 109 Å². The minimum atomic E-state index is -0.973. The number of aromatic amines is 4. The summed E-state index contributed by atoms with van der Waals surface area (Å²) >= 11 is 0. The third-order valence-electron chi connectivity index (χ3n) is 20.0. The molecule has 2 atom stereocenters. The summed E-state index contributed by atoms with van der Waals surface area (Å²) in [6.07, 6.45) is 14.9. The zero-order valence-corrected chi connectivity index (χ0v) is 64.4. The molecule has 4 radical (unpaired) electrons. The number of nitrogens with one attached hydrogen (secondary N) is 4. The van der Waals surface area contributed by atoms with Crippen LogP contribution >= 0.6 is 15.9 Å². The quantitative estimate of drug-likeness (QED) is 0.0521. The van der Waals surface area contributed by atoms with E-state index in [1.165, 1.54) is 22.3 Å². The van der Waals surface area contributed by atoms with Crippen molar-refractivity contribution in [2.75, 3.05) is 55.6 Å². The van der Waals surface area contributed by atoms with Crippen molar-refractivity contribution < 1.29 is 9.31 Å². The summed E-state index contributed by atoms with van der Waals surface area (Å²) in [6, 6.07) is 45.7. The van der Waals surface area contributed by atoms with Gasteiger partial charge in [-0.15, -0.1) is 0 Å². The average Bonchev–Trinajstić information content (AvgIpc) is 1.57. The summed E-state index contributed by atoms with van der Waals surface area (Å²) < 4.78 is 16.4. The van der Waals surface area contributed by atoms with Crippen molar-refractivity contribution in [3.05, 3.63) is 211 Å². The number of imidazole rings is 3. The van der Waals surface area contributed by atoms with Crippen LogP contribution in [0.5, 0.6) is 0 Å². The second kappa shape index (κ2) is 29.4. The fraction of sp³-hybridized carbons (Fsp3) is 0.235. The third-order valence-corrected chi connectivity index (χ3v) is 21.8. The van der Waals surface area contributed by atoms with E-state index < -0.39 is 34.2 Å². The second-order valence-corrected chi connectivity index (χ2v) is 32.2. The molecule has 2 unspecified atom stereocenters. The van der Waals surface area contributed by atoms with E-state index in [2.05, 4.69) is 247 Å². The molecule has 26 heteroatoms. The lowest BCUT2D eigenvalue weighted by atomic mass is 9.78. The van der Waals surface area contributed by atoms with Crippen LogP contribution in [0.4, 0.5) is 0 Å². The smallest absolute Gasteiger partial charge is 0.399 e. The van der Waals surface area contributed by atoms with E-state index in [-0.39, 0.29) is 0 Å². The van der Waals surface area contributed by atoms with Gasteiger partial charge in [-0.2, -0.15) is 15.3 Å². The summed E-state index contributed by atoms with van der Waals surface area (Å²) in [5.74, 6) is 2.23. The number of pyridine rings is 4. The molecule has 0 spiro atoms. The second-order valence-electron chi connectivity index (χ2n) is 29.2. The van der Waals surface area contributed by atoms with E-state index in [0.717, 1.165) is 176 Å². The van der Waals surface area contributed by atoms with E-state index in [0.29, 0.717) is 0 Å². The minimum absolute atomic E-state index is 0.407. The van der Waals surface area contributed by atoms with Crippen molar-refractivity contribution in [3.8, 4) is 79.1 Å². The zero-order chi connectivity index (χ0) is 74.7. The van der Waals surface area contributed by atoms with Gasteiger partial charge in [-0.1, -0.05) is 60.7 Å². The molecule has 107 heavy (non-hydrogen) atoms. The van der Waals surface area contributed by atoms with E-state index in [1.54, 1.807) is 12.4 Å². The number of benzene rings is 6. The third kappa shape index (κ3) is 14.2. The molecule has 0 bridgehead atoms. The topological polar surface area (TPSA) is 230 Å². The molecule has 6 aromatic carbocycles. The minimum Gasteiger partial charge on any atom is -0.399 e. The van der Waals surface area contributed by atoms with Crippen LogP contribution in [0.2, 0.25) is 0 Å². The summed E-state index contributed by atoms with van der Waals surface area (Å²) in [5, 5.41) is 20.6. The predicted octanol–water partition coefficient (Wildman–Crippen LogP) is 15.5. The van der Waals surface area contributed by atoms with Gasteiger partial charge in [-0.05, 0) is 241 Å². The van der Waals surface area contributed by atoms with E-state index in [9.17, 15) is 0 Å². The lowest BCUT2D eigenvalue weighted by Crippen LogP contribution is -2.41. The van der Waals surface area contributed by atoms with Crippen LogP contribution in [0.25, 0.3) is 145 Å². The molecule has 1 aliphatic rings. The summed E-state index contributed by atoms with van der Waals surface area (Å²) in [4.78, 5) is 49.3. The van der Waals surface area contributed by atoms with Crippen molar-refractivity contribution in [1.82, 2.24) is 93.8 Å². The van der Waals surface area contributed by atoms with Crippen molar-refractivity contribution in [2.45, 2.75) is 72.4 Å². The van der Waals surface area contributed by atoms with Gasteiger partial charge in [0.1, 0.15) is 32.2 Å². The standard InChI is InChI=1S/C29H27BN7P.C28H25N7.C24H30B2N5O2P/c1-18-23(19-10-12-31-13-11-19)15-32-16-24(18)20-8-9-26-22(14-20)28(35-37(26)38(4)30)29-33-25-7-5-6-21(17-36(2)3)27(25)34-29;1-17-22(18-9-11-29-12-10-18)14-30-15-23(17)19-7-8-24-21(13-19)27(34-33-24)28-31-25-6-4-5-20(16-35(2)3)26(25)32-28;1-23(2)24(3,4)33-26(32-23)16-11-12-19-17(13-16)21(29-31(19)34(7)25)22-27-18-10-8-9-15(14-30(5)6)20(18)28-22/h5-16H,17H2,1-4H3,(H,33,34);4-15H,16H2,1-3H3,(H,31,32)(H,33,34);8-13H,14H2,1-7H3,(H,27,28). The number of hydrogen-bond donors (Lipinski definition) is 4. The fourth-order valence-corrected chi connectivity index (χ4v) is 15.5. The number of fused-ring (bicyclic) bond motifs is 6. The van der Waals surface area contributed by atoms with Gasteiger partial charge in [0.25, 0.3) is 0 Å². The first-order valence-corrected chi connectivity index (χ1v) is 39.0. The molecule has 0 aliphatic carbocycles. The highest BCUT2D eigenvalue weighted by atomic mass is 31.1. The summed E-state index contributed by atoms with van der Waals surface area (Å²) in [5.41, 5.74) is 25.9. The Labute approximate surface area is 626 Å². The molecule has 532 valence electrons. The molecule has 0 saturated carbocycles. The number of nitrogens with zero attached hydrogens (tertiary/aromatic N) is 15. The normalized spacial score (nSPS) is 14.1. The van der Waals surface area contributed by atoms with Crippen LogP contribution in [-0.4, -0.2) is 183 Å². The van der Waals surface area contributed by atoms with Crippen molar-refractivity contribution in [3.63, 3.8) is 0 Å². The fourth-order valence-electron chi connectivity index (χ4n) is 14.0. The number of rotatable bonds is 16. The highest BCUT2D eigenvalue weighted by Crippen LogP contribution is 2.43. The molecule has 17 rings (SSSR count). The van der Waals surface area contributed by atoms with Crippen LogP contribution in [0.15, 0.2) is 183 Å². The van der Waals surface area contributed by atoms with Crippen LogP contribution in [0, 0.1) is 13.8 Å². The Balaban J connectivity index is 0.000000129. The number of H-pyrrole nitrogens is 4. The Morgan fingerprint density at radius 3 is 1.24 bits per heavy atom. The summed E-state index contributed by atoms with van der Waals surface area (Å²) in [6.45, 7) is 19.0. The van der Waals surface area contributed by atoms with Gasteiger partial charge < -0.3 is 39.0 Å². The number of para-hydroxylation sites is 3. The van der Waals surface area contributed by atoms with Crippen LogP contribution in [-0.2, 0) is 28.9 Å². The van der Waals surface area contributed by atoms with Crippen molar-refractivity contribution in [2.24, 2.45) is 0 Å². The predicted molar refractivity (Wildman–Crippen MR) is 439 cm³/mol. The molecule has 10 aromatic heterocycles.